The van der Waals surface area contributed by atoms with Crippen LogP contribution in [0.15, 0.2) is 30.5 Å². The van der Waals surface area contributed by atoms with Gasteiger partial charge in [0.05, 0.1) is 24.2 Å². The number of aromatic nitrogens is 2. The van der Waals surface area contributed by atoms with Gasteiger partial charge in [-0.1, -0.05) is 18.2 Å². The molecular formula is C17H23N5O2. The van der Waals surface area contributed by atoms with Gasteiger partial charge in [-0.25, -0.2) is 0 Å². The zero-order valence-electron chi connectivity index (χ0n) is 13.9. The van der Waals surface area contributed by atoms with E-state index in [2.05, 4.69) is 5.10 Å². The molecule has 0 radical (unpaired) electrons. The van der Waals surface area contributed by atoms with E-state index in [0.717, 1.165) is 17.4 Å². The van der Waals surface area contributed by atoms with Gasteiger partial charge in [0.15, 0.2) is 0 Å². The lowest BCUT2D eigenvalue weighted by atomic mass is 10.1. The van der Waals surface area contributed by atoms with Crippen molar-refractivity contribution in [3.05, 3.63) is 30.5 Å². The number of nitrogens with zero attached hydrogens (tertiary/aromatic N) is 4. The highest BCUT2D eigenvalue weighted by Crippen LogP contribution is 2.14. The molecule has 7 heteroatoms. The molecule has 24 heavy (non-hydrogen) atoms. The van der Waals surface area contributed by atoms with Crippen LogP contribution >= 0.6 is 0 Å². The van der Waals surface area contributed by atoms with E-state index in [9.17, 15) is 9.59 Å². The average molecular weight is 329 g/mol. The van der Waals surface area contributed by atoms with Gasteiger partial charge < -0.3 is 15.5 Å². The fourth-order valence-electron chi connectivity index (χ4n) is 3.14. The molecular weight excluding hydrogens is 306 g/mol. The fourth-order valence-corrected chi connectivity index (χ4v) is 3.14. The van der Waals surface area contributed by atoms with Crippen LogP contribution in [0, 0.1) is 5.92 Å². The number of likely N-dealkylation sites (N-methyl/N-ethyl adjacent to an activating group) is 1. The molecule has 0 saturated carbocycles. The lowest BCUT2D eigenvalue weighted by molar-refractivity contribution is -0.132. The van der Waals surface area contributed by atoms with Crippen LogP contribution in [0.1, 0.15) is 6.42 Å². The number of carbonyl (C=O) groups is 2. The topological polar surface area (TPSA) is 84.5 Å². The van der Waals surface area contributed by atoms with Crippen LogP contribution < -0.4 is 5.73 Å². The van der Waals surface area contributed by atoms with Gasteiger partial charge in [0.25, 0.3) is 0 Å². The summed E-state index contributed by atoms with van der Waals surface area (Å²) < 4.78 is 1.85. The van der Waals surface area contributed by atoms with Gasteiger partial charge in [0.2, 0.25) is 11.8 Å². The Balaban J connectivity index is 1.64. The third-order valence-electron chi connectivity index (χ3n) is 4.57. The number of nitrogens with two attached hydrogens (primary N) is 1. The first kappa shape index (κ1) is 16.4. The summed E-state index contributed by atoms with van der Waals surface area (Å²) in [5.41, 5.74) is 6.48. The molecule has 128 valence electrons. The third kappa shape index (κ3) is 3.56. The lowest BCUT2D eigenvalue weighted by Crippen LogP contribution is -2.40. The van der Waals surface area contributed by atoms with Crippen molar-refractivity contribution in [1.82, 2.24) is 19.6 Å². The second-order valence-corrected chi connectivity index (χ2v) is 6.38. The molecule has 1 aromatic heterocycles. The molecule has 0 aliphatic carbocycles. The second-order valence-electron chi connectivity index (χ2n) is 6.38. The van der Waals surface area contributed by atoms with Gasteiger partial charge in [-0.15, -0.1) is 0 Å². The minimum Gasteiger partial charge on any atom is -0.369 e. The molecule has 2 N–H and O–H groups in total. The van der Waals surface area contributed by atoms with Gasteiger partial charge >= 0.3 is 0 Å². The standard InChI is InChI=1S/C17H23N5O2/c1-20-8-9-21(12-14(11-20)17(18)24)16(23)6-7-22-15-5-3-2-4-13(15)10-19-22/h2-5,10,14H,6-9,11-12H2,1H3,(H2,18,24)/t14-/m0/s1. The van der Waals surface area contributed by atoms with Crippen molar-refractivity contribution in [3.8, 4) is 0 Å². The van der Waals surface area contributed by atoms with Crippen LogP contribution in [0.25, 0.3) is 10.9 Å². The van der Waals surface area contributed by atoms with Crippen LogP contribution in [0.3, 0.4) is 0 Å². The average Bonchev–Trinajstić information content (AvgIpc) is 2.87. The van der Waals surface area contributed by atoms with Crippen molar-refractivity contribution in [2.24, 2.45) is 11.7 Å². The molecule has 1 saturated heterocycles. The van der Waals surface area contributed by atoms with E-state index in [1.807, 2.05) is 47.1 Å². The summed E-state index contributed by atoms with van der Waals surface area (Å²) in [4.78, 5) is 27.9. The maximum absolute atomic E-state index is 12.6. The molecule has 2 aromatic rings. The van der Waals surface area contributed by atoms with E-state index in [0.29, 0.717) is 32.6 Å². The Bertz CT molecular complexity index is 741. The Morgan fingerprint density at radius 3 is 2.83 bits per heavy atom. The summed E-state index contributed by atoms with van der Waals surface area (Å²) in [6.07, 6.45) is 2.17. The van der Waals surface area contributed by atoms with Crippen molar-refractivity contribution in [3.63, 3.8) is 0 Å². The van der Waals surface area contributed by atoms with Crippen LogP contribution in [0.5, 0.6) is 0 Å². The number of hydrogen-bond acceptors (Lipinski definition) is 4. The lowest BCUT2D eigenvalue weighted by Gasteiger charge is -2.22. The Hall–Kier alpha value is -2.41. The normalized spacial score (nSPS) is 19.4. The monoisotopic (exact) mass is 329 g/mol. The third-order valence-corrected chi connectivity index (χ3v) is 4.57. The van der Waals surface area contributed by atoms with Crippen LogP contribution in [-0.4, -0.2) is 64.6 Å². The van der Waals surface area contributed by atoms with E-state index in [-0.39, 0.29) is 17.7 Å². The van der Waals surface area contributed by atoms with E-state index in [4.69, 9.17) is 5.73 Å². The van der Waals surface area contributed by atoms with E-state index >= 15 is 0 Å². The maximum atomic E-state index is 12.6. The summed E-state index contributed by atoms with van der Waals surface area (Å²) in [7, 11) is 1.94. The Labute approximate surface area is 141 Å². The molecule has 1 aliphatic heterocycles. The number of carbonyl (C=O) groups excluding carboxylic acids is 2. The van der Waals surface area contributed by atoms with Gasteiger partial charge in [-0.2, -0.15) is 5.10 Å². The number of hydrogen-bond donors (Lipinski definition) is 1. The van der Waals surface area contributed by atoms with E-state index < -0.39 is 0 Å². The number of para-hydroxylation sites is 1. The molecule has 0 bridgehead atoms. The summed E-state index contributed by atoms with van der Waals surface area (Å²) >= 11 is 0. The minimum atomic E-state index is -0.348. The summed E-state index contributed by atoms with van der Waals surface area (Å²) in [6.45, 7) is 2.90. The fraction of sp³-hybridized carbons (Fsp3) is 0.471. The van der Waals surface area contributed by atoms with Gasteiger partial charge in [0, 0.05) is 38.0 Å². The number of benzene rings is 1. The Kier molecular flexibility index (Phi) is 4.80. The first-order valence-electron chi connectivity index (χ1n) is 8.21. The van der Waals surface area contributed by atoms with Crippen molar-refractivity contribution in [1.29, 1.82) is 0 Å². The molecule has 1 aromatic carbocycles. The number of amides is 2. The number of rotatable bonds is 4. The molecule has 1 atom stereocenters. The summed E-state index contributed by atoms with van der Waals surface area (Å²) in [5, 5.41) is 5.41. The Morgan fingerprint density at radius 1 is 1.25 bits per heavy atom. The number of primary amides is 1. The van der Waals surface area contributed by atoms with Gasteiger partial charge in [-0.3, -0.25) is 14.3 Å². The summed E-state index contributed by atoms with van der Waals surface area (Å²) in [5.74, 6) is -0.622. The molecule has 7 nitrogen and oxygen atoms in total. The SMILES string of the molecule is CN1CCN(C(=O)CCn2ncc3ccccc32)C[C@@H](C(N)=O)C1. The van der Waals surface area contributed by atoms with Crippen molar-refractivity contribution < 1.29 is 9.59 Å². The molecule has 1 aliphatic rings. The highest BCUT2D eigenvalue weighted by Gasteiger charge is 2.27. The first-order valence-corrected chi connectivity index (χ1v) is 8.21. The maximum Gasteiger partial charge on any atom is 0.224 e. The molecule has 2 heterocycles. The molecule has 0 unspecified atom stereocenters. The van der Waals surface area contributed by atoms with Crippen molar-refractivity contribution in [2.75, 3.05) is 33.2 Å². The molecule has 2 amide bonds. The van der Waals surface area contributed by atoms with E-state index in [1.54, 1.807) is 4.90 Å². The highest BCUT2D eigenvalue weighted by molar-refractivity contribution is 5.81. The van der Waals surface area contributed by atoms with Gasteiger partial charge in [-0.05, 0) is 13.1 Å². The quantitative estimate of drug-likeness (QED) is 0.874. The first-order chi connectivity index (χ1) is 11.5. The predicted molar refractivity (Wildman–Crippen MR) is 91.1 cm³/mol. The molecule has 3 rings (SSSR count). The zero-order valence-corrected chi connectivity index (χ0v) is 13.9. The zero-order chi connectivity index (χ0) is 17.1. The Morgan fingerprint density at radius 2 is 2.04 bits per heavy atom. The van der Waals surface area contributed by atoms with Crippen molar-refractivity contribution >= 4 is 22.7 Å². The largest absolute Gasteiger partial charge is 0.369 e. The second kappa shape index (κ2) is 7.00. The van der Waals surface area contributed by atoms with Crippen molar-refractivity contribution in [2.45, 2.75) is 13.0 Å². The minimum absolute atomic E-state index is 0.0381. The van der Waals surface area contributed by atoms with Gasteiger partial charge in [0.1, 0.15) is 0 Å². The number of fused-ring (bicyclic) bond motifs is 1. The van der Waals surface area contributed by atoms with Crippen LogP contribution in [0.2, 0.25) is 0 Å². The highest BCUT2D eigenvalue weighted by atomic mass is 16.2. The van der Waals surface area contributed by atoms with Crippen LogP contribution in [-0.2, 0) is 16.1 Å². The van der Waals surface area contributed by atoms with Crippen LogP contribution in [0.4, 0.5) is 0 Å². The smallest absolute Gasteiger partial charge is 0.224 e. The molecule has 1 fully saturated rings. The summed E-state index contributed by atoms with van der Waals surface area (Å²) in [6, 6.07) is 7.93. The molecule has 0 spiro atoms. The van der Waals surface area contributed by atoms with E-state index in [1.165, 1.54) is 0 Å². The number of aryl methyl sites for hydroxylation is 1. The predicted octanol–water partition coefficient (Wildman–Crippen LogP) is 0.302.